The summed E-state index contributed by atoms with van der Waals surface area (Å²) >= 11 is 6.67. The van der Waals surface area contributed by atoms with Crippen molar-refractivity contribution in [3.05, 3.63) is 27.7 Å². The summed E-state index contributed by atoms with van der Waals surface area (Å²) in [7, 11) is 0. The second-order valence-corrected chi connectivity index (χ2v) is 5.23. The molecule has 14 heavy (non-hydrogen) atoms. The van der Waals surface area contributed by atoms with Crippen LogP contribution in [0.25, 0.3) is 0 Å². The highest BCUT2D eigenvalue weighted by molar-refractivity contribution is 9.10. The van der Waals surface area contributed by atoms with Gasteiger partial charge in [0.25, 0.3) is 0 Å². The molecule has 1 heterocycles. The first-order chi connectivity index (χ1) is 6.59. The number of hydrogen-bond donors (Lipinski definition) is 0. The van der Waals surface area contributed by atoms with Crippen LogP contribution in [0.2, 0.25) is 0 Å². The summed E-state index contributed by atoms with van der Waals surface area (Å²) in [5.41, 5.74) is 1.71. The zero-order valence-electron chi connectivity index (χ0n) is 7.51. The molecule has 0 aromatic heterocycles. The molecule has 0 N–H and O–H groups in total. The van der Waals surface area contributed by atoms with Crippen LogP contribution in [0, 0.1) is 6.92 Å². The lowest BCUT2D eigenvalue weighted by Gasteiger charge is -2.21. The summed E-state index contributed by atoms with van der Waals surface area (Å²) in [6.45, 7) is 2.35. The molecule has 74 valence electrons. The summed E-state index contributed by atoms with van der Waals surface area (Å²) in [5, 5.41) is 0. The number of aryl methyl sites for hydroxylation is 1. The van der Waals surface area contributed by atoms with Crippen molar-refractivity contribution in [2.75, 3.05) is 6.61 Å². The van der Waals surface area contributed by atoms with Crippen molar-refractivity contribution >= 4 is 37.6 Å². The highest BCUT2D eigenvalue weighted by atomic mass is 79.9. The lowest BCUT2D eigenvalue weighted by atomic mass is 10.0. The van der Waals surface area contributed by atoms with Crippen LogP contribution >= 0.6 is 31.9 Å². The number of hydrogen-bond acceptors (Lipinski definition) is 2. The van der Waals surface area contributed by atoms with Crippen molar-refractivity contribution in [3.63, 3.8) is 0 Å². The summed E-state index contributed by atoms with van der Waals surface area (Å²) in [4.78, 5) is 11.6. The maximum atomic E-state index is 11.8. The van der Waals surface area contributed by atoms with Gasteiger partial charge in [-0.05, 0) is 40.5 Å². The van der Waals surface area contributed by atoms with Gasteiger partial charge in [0.1, 0.15) is 17.2 Å². The molecule has 0 amide bonds. The van der Waals surface area contributed by atoms with Gasteiger partial charge < -0.3 is 4.74 Å². The number of fused-ring (bicyclic) bond motifs is 1. The van der Waals surface area contributed by atoms with Gasteiger partial charge in [-0.15, -0.1) is 0 Å². The van der Waals surface area contributed by atoms with Crippen molar-refractivity contribution in [3.8, 4) is 5.75 Å². The maximum Gasteiger partial charge on any atom is 0.183 e. The van der Waals surface area contributed by atoms with Crippen molar-refractivity contribution in [2.24, 2.45) is 0 Å². The summed E-state index contributed by atoms with van der Waals surface area (Å²) in [6, 6.07) is 3.80. The van der Waals surface area contributed by atoms with Crippen molar-refractivity contribution < 1.29 is 9.53 Å². The molecule has 1 aliphatic heterocycles. The standard InChI is InChI=1S/C10H8Br2O2/c1-5-2-6-9(13)8(12)4-14-10(6)7(11)3-5/h2-3,8H,4H2,1H3. The number of rotatable bonds is 0. The molecule has 0 saturated heterocycles. The average Bonchev–Trinajstić information content (AvgIpc) is 2.12. The van der Waals surface area contributed by atoms with E-state index in [0.29, 0.717) is 17.9 Å². The van der Waals surface area contributed by atoms with E-state index in [2.05, 4.69) is 31.9 Å². The first-order valence-corrected chi connectivity index (χ1v) is 5.91. The Labute approximate surface area is 98.9 Å². The van der Waals surface area contributed by atoms with Gasteiger partial charge in [-0.1, -0.05) is 15.9 Å². The van der Waals surface area contributed by atoms with E-state index in [1.165, 1.54) is 0 Å². The largest absolute Gasteiger partial charge is 0.490 e. The SMILES string of the molecule is Cc1cc(Br)c2c(c1)C(=O)C(Br)CO2. The van der Waals surface area contributed by atoms with Gasteiger partial charge >= 0.3 is 0 Å². The minimum atomic E-state index is -0.219. The van der Waals surface area contributed by atoms with Gasteiger partial charge in [-0.2, -0.15) is 0 Å². The normalized spacial score (nSPS) is 20.2. The monoisotopic (exact) mass is 318 g/mol. The fourth-order valence-corrected chi connectivity index (χ4v) is 2.53. The molecule has 1 aliphatic rings. The molecule has 0 bridgehead atoms. The maximum absolute atomic E-state index is 11.8. The molecule has 4 heteroatoms. The lowest BCUT2D eigenvalue weighted by Crippen LogP contribution is -2.28. The molecule has 0 saturated carbocycles. The summed E-state index contributed by atoms with van der Waals surface area (Å²) in [5.74, 6) is 0.756. The van der Waals surface area contributed by atoms with E-state index in [0.717, 1.165) is 10.0 Å². The Morgan fingerprint density at radius 1 is 1.50 bits per heavy atom. The van der Waals surface area contributed by atoms with Crippen LogP contribution in [0.4, 0.5) is 0 Å². The molecule has 1 aromatic carbocycles. The van der Waals surface area contributed by atoms with Crippen LogP contribution in [-0.4, -0.2) is 17.2 Å². The van der Waals surface area contributed by atoms with E-state index in [-0.39, 0.29) is 10.6 Å². The topological polar surface area (TPSA) is 26.3 Å². The summed E-state index contributed by atoms with van der Waals surface area (Å²) < 4.78 is 6.32. The van der Waals surface area contributed by atoms with E-state index < -0.39 is 0 Å². The van der Waals surface area contributed by atoms with Crippen LogP contribution in [0.5, 0.6) is 5.75 Å². The van der Waals surface area contributed by atoms with Crippen LogP contribution in [0.15, 0.2) is 16.6 Å². The predicted octanol–water partition coefficient (Wildman–Crippen LogP) is 3.10. The predicted molar refractivity (Wildman–Crippen MR) is 61.4 cm³/mol. The zero-order chi connectivity index (χ0) is 10.3. The van der Waals surface area contributed by atoms with Gasteiger partial charge in [0.2, 0.25) is 0 Å². The average molecular weight is 320 g/mol. The van der Waals surface area contributed by atoms with Crippen LogP contribution in [0.1, 0.15) is 15.9 Å². The second-order valence-electron chi connectivity index (χ2n) is 3.27. The van der Waals surface area contributed by atoms with Gasteiger partial charge in [-0.25, -0.2) is 0 Å². The molecule has 0 spiro atoms. The van der Waals surface area contributed by atoms with Crippen molar-refractivity contribution in [1.82, 2.24) is 0 Å². The van der Waals surface area contributed by atoms with Gasteiger partial charge in [-0.3, -0.25) is 4.79 Å². The molecule has 0 aliphatic carbocycles. The second kappa shape index (κ2) is 3.66. The third-order valence-corrected chi connectivity index (χ3v) is 3.38. The molecule has 1 atom stereocenters. The van der Waals surface area contributed by atoms with E-state index in [9.17, 15) is 4.79 Å². The molecule has 2 nitrogen and oxygen atoms in total. The van der Waals surface area contributed by atoms with E-state index in [1.54, 1.807) is 0 Å². The van der Waals surface area contributed by atoms with Crippen molar-refractivity contribution in [2.45, 2.75) is 11.8 Å². The first kappa shape index (κ1) is 10.2. The molecule has 2 rings (SSSR count). The molecular formula is C10H8Br2O2. The molecular weight excluding hydrogens is 312 g/mol. The first-order valence-electron chi connectivity index (χ1n) is 4.21. The third kappa shape index (κ3) is 1.61. The number of carbonyl (C=O) groups is 1. The number of carbonyl (C=O) groups excluding carboxylic acids is 1. The Kier molecular flexibility index (Phi) is 2.66. The molecule has 0 fully saturated rings. The highest BCUT2D eigenvalue weighted by Gasteiger charge is 2.28. The Morgan fingerprint density at radius 3 is 2.93 bits per heavy atom. The van der Waals surface area contributed by atoms with Crippen LogP contribution < -0.4 is 4.74 Å². The Hall–Kier alpha value is -0.350. The Bertz CT molecular complexity index is 401. The molecule has 1 unspecified atom stereocenters. The van der Waals surface area contributed by atoms with Crippen molar-refractivity contribution in [1.29, 1.82) is 0 Å². The summed E-state index contributed by atoms with van der Waals surface area (Å²) in [6.07, 6.45) is 0. The van der Waals surface area contributed by atoms with Crippen LogP contribution in [-0.2, 0) is 0 Å². The quantitative estimate of drug-likeness (QED) is 0.687. The third-order valence-electron chi connectivity index (χ3n) is 2.11. The number of Topliss-reactive ketones (excluding diaryl/α,β-unsaturated/α-hetero) is 1. The van der Waals surface area contributed by atoms with E-state index in [1.807, 2.05) is 19.1 Å². The number of ether oxygens (including phenoxy) is 1. The number of benzene rings is 1. The van der Waals surface area contributed by atoms with E-state index >= 15 is 0 Å². The van der Waals surface area contributed by atoms with Crippen LogP contribution in [0.3, 0.4) is 0 Å². The van der Waals surface area contributed by atoms with Gasteiger partial charge in [0.15, 0.2) is 5.78 Å². The highest BCUT2D eigenvalue weighted by Crippen LogP contribution is 2.35. The molecule has 0 radical (unpaired) electrons. The van der Waals surface area contributed by atoms with Gasteiger partial charge in [0, 0.05) is 0 Å². The smallest absolute Gasteiger partial charge is 0.183 e. The number of halogens is 2. The lowest BCUT2D eigenvalue weighted by molar-refractivity contribution is 0.0945. The van der Waals surface area contributed by atoms with E-state index in [4.69, 9.17) is 4.74 Å². The Morgan fingerprint density at radius 2 is 2.21 bits per heavy atom. The molecule has 1 aromatic rings. The minimum absolute atomic E-state index is 0.0932. The Balaban J connectivity index is 2.60. The number of alkyl halides is 1. The zero-order valence-corrected chi connectivity index (χ0v) is 10.7. The fourth-order valence-electron chi connectivity index (χ4n) is 1.46. The van der Waals surface area contributed by atoms with Gasteiger partial charge in [0.05, 0.1) is 10.0 Å². The number of ketones is 1. The fraction of sp³-hybridized carbons (Fsp3) is 0.300. The minimum Gasteiger partial charge on any atom is -0.490 e.